The van der Waals surface area contributed by atoms with Gasteiger partial charge in [0.05, 0.1) is 11.7 Å². The Bertz CT molecular complexity index is 672. The fraction of sp³-hybridized carbons (Fsp3) is 0.333. The van der Waals surface area contributed by atoms with Crippen molar-refractivity contribution in [3.8, 4) is 5.75 Å². The highest BCUT2D eigenvalue weighted by atomic mass is 16.3. The summed E-state index contributed by atoms with van der Waals surface area (Å²) in [5, 5.41) is 12.8. The van der Waals surface area contributed by atoms with E-state index in [4.69, 9.17) is 0 Å². The molecule has 2 aromatic rings. The van der Waals surface area contributed by atoms with Crippen molar-refractivity contribution in [3.63, 3.8) is 0 Å². The van der Waals surface area contributed by atoms with Crippen LogP contribution in [-0.2, 0) is 0 Å². The van der Waals surface area contributed by atoms with Gasteiger partial charge in [-0.1, -0.05) is 6.92 Å². The maximum Gasteiger partial charge on any atom is 0.251 e. The van der Waals surface area contributed by atoms with Gasteiger partial charge in [-0.05, 0) is 68.1 Å². The number of aromatic hydroxyl groups is 1. The molecule has 2 rings (SSSR count). The fourth-order valence-electron chi connectivity index (χ4n) is 2.46. The molecule has 0 aliphatic carbocycles. The molecule has 0 spiro atoms. The van der Waals surface area contributed by atoms with Crippen molar-refractivity contribution in [2.75, 3.05) is 0 Å². The van der Waals surface area contributed by atoms with Gasteiger partial charge in [-0.15, -0.1) is 0 Å². The normalized spacial score (nSPS) is 12.0. The summed E-state index contributed by atoms with van der Waals surface area (Å²) in [4.78, 5) is 16.8. The van der Waals surface area contributed by atoms with Crippen LogP contribution in [0.4, 0.5) is 0 Å². The number of benzene rings is 1. The van der Waals surface area contributed by atoms with E-state index >= 15 is 0 Å². The van der Waals surface area contributed by atoms with Crippen LogP contribution < -0.4 is 5.32 Å². The quantitative estimate of drug-likeness (QED) is 0.906. The Morgan fingerprint density at radius 2 is 1.86 bits per heavy atom. The summed E-state index contributed by atoms with van der Waals surface area (Å²) in [6.45, 7) is 7.60. The second-order valence-corrected chi connectivity index (χ2v) is 5.65. The maximum atomic E-state index is 12.5. The van der Waals surface area contributed by atoms with E-state index in [0.29, 0.717) is 16.7 Å². The highest BCUT2D eigenvalue weighted by Crippen LogP contribution is 2.23. The zero-order chi connectivity index (χ0) is 16.3. The summed E-state index contributed by atoms with van der Waals surface area (Å²) in [5.74, 6) is 0.0882. The van der Waals surface area contributed by atoms with Crippen LogP contribution in [-0.4, -0.2) is 16.0 Å². The number of phenolic OH excluding ortho intramolecular Hbond substituents is 1. The molecule has 4 heteroatoms. The lowest BCUT2D eigenvalue weighted by atomic mass is 10.0. The molecule has 22 heavy (non-hydrogen) atoms. The molecule has 0 bridgehead atoms. The number of rotatable bonds is 4. The van der Waals surface area contributed by atoms with Gasteiger partial charge < -0.3 is 10.4 Å². The molecule has 2 N–H and O–H groups in total. The monoisotopic (exact) mass is 298 g/mol. The predicted molar refractivity (Wildman–Crippen MR) is 87.1 cm³/mol. The number of hydrogen-bond donors (Lipinski definition) is 2. The van der Waals surface area contributed by atoms with Crippen LogP contribution in [0.2, 0.25) is 0 Å². The van der Waals surface area contributed by atoms with Gasteiger partial charge in [0.2, 0.25) is 0 Å². The van der Waals surface area contributed by atoms with Gasteiger partial charge in [-0.2, -0.15) is 0 Å². The lowest BCUT2D eigenvalue weighted by molar-refractivity contribution is 0.0934. The molecular weight excluding hydrogens is 276 g/mol. The number of pyridine rings is 1. The van der Waals surface area contributed by atoms with Crippen molar-refractivity contribution in [2.45, 2.75) is 40.2 Å². The van der Waals surface area contributed by atoms with Crippen LogP contribution in [0.1, 0.15) is 52.1 Å². The van der Waals surface area contributed by atoms with E-state index in [2.05, 4.69) is 10.3 Å². The molecule has 0 radical (unpaired) electrons. The number of hydrogen-bond acceptors (Lipinski definition) is 3. The molecule has 0 aliphatic rings. The SMILES string of the molecule is CC[C@@H](NC(=O)c1cc(C)c(O)c(C)c1)c1cc(C)ccn1. The second kappa shape index (κ2) is 6.60. The minimum Gasteiger partial charge on any atom is -0.507 e. The van der Waals surface area contributed by atoms with Gasteiger partial charge in [0.15, 0.2) is 0 Å². The second-order valence-electron chi connectivity index (χ2n) is 5.65. The minimum absolute atomic E-state index is 0.123. The summed E-state index contributed by atoms with van der Waals surface area (Å²) >= 11 is 0. The largest absolute Gasteiger partial charge is 0.507 e. The molecule has 0 unspecified atom stereocenters. The maximum absolute atomic E-state index is 12.5. The van der Waals surface area contributed by atoms with E-state index in [-0.39, 0.29) is 17.7 Å². The van der Waals surface area contributed by atoms with Crippen molar-refractivity contribution < 1.29 is 9.90 Å². The molecule has 0 saturated heterocycles. The van der Waals surface area contributed by atoms with Gasteiger partial charge >= 0.3 is 0 Å². The van der Waals surface area contributed by atoms with Gasteiger partial charge in [0.1, 0.15) is 5.75 Å². The minimum atomic E-state index is -0.152. The summed E-state index contributed by atoms with van der Waals surface area (Å²) in [5.41, 5.74) is 3.94. The Kier molecular flexibility index (Phi) is 4.81. The highest BCUT2D eigenvalue weighted by Gasteiger charge is 2.16. The number of carbonyl (C=O) groups excluding carboxylic acids is 1. The molecule has 116 valence electrons. The number of nitrogens with one attached hydrogen (secondary N) is 1. The van der Waals surface area contributed by atoms with Gasteiger partial charge in [-0.3, -0.25) is 9.78 Å². The molecule has 1 aromatic carbocycles. The number of nitrogens with zero attached hydrogens (tertiary/aromatic N) is 1. The van der Waals surface area contributed by atoms with Crippen LogP contribution in [0.3, 0.4) is 0 Å². The Balaban J connectivity index is 2.23. The van der Waals surface area contributed by atoms with Crippen molar-refractivity contribution in [2.24, 2.45) is 0 Å². The summed E-state index contributed by atoms with van der Waals surface area (Å²) < 4.78 is 0. The molecule has 0 fully saturated rings. The first-order valence-corrected chi connectivity index (χ1v) is 7.46. The Hall–Kier alpha value is -2.36. The van der Waals surface area contributed by atoms with Gasteiger partial charge in [0.25, 0.3) is 5.91 Å². The zero-order valence-corrected chi connectivity index (χ0v) is 13.5. The zero-order valence-electron chi connectivity index (χ0n) is 13.5. The van der Waals surface area contributed by atoms with Crippen LogP contribution in [0.25, 0.3) is 0 Å². The topological polar surface area (TPSA) is 62.2 Å². The number of aromatic nitrogens is 1. The van der Waals surface area contributed by atoms with E-state index < -0.39 is 0 Å². The summed E-state index contributed by atoms with van der Waals surface area (Å²) in [6, 6.07) is 7.20. The van der Waals surface area contributed by atoms with E-state index in [9.17, 15) is 9.90 Å². The Morgan fingerprint density at radius 3 is 2.41 bits per heavy atom. The van der Waals surface area contributed by atoms with Crippen LogP contribution in [0.5, 0.6) is 5.75 Å². The van der Waals surface area contributed by atoms with Crippen molar-refractivity contribution in [3.05, 3.63) is 58.4 Å². The lowest BCUT2D eigenvalue weighted by Gasteiger charge is -2.17. The number of carbonyl (C=O) groups is 1. The van der Waals surface area contributed by atoms with Crippen molar-refractivity contribution in [1.29, 1.82) is 0 Å². The van der Waals surface area contributed by atoms with E-state index in [0.717, 1.165) is 17.7 Å². The molecule has 1 atom stereocenters. The highest BCUT2D eigenvalue weighted by molar-refractivity contribution is 5.95. The molecular formula is C18H22N2O2. The molecule has 1 heterocycles. The Labute approximate surface area is 131 Å². The first-order chi connectivity index (χ1) is 10.4. The summed E-state index contributed by atoms with van der Waals surface area (Å²) in [6.07, 6.45) is 2.52. The van der Waals surface area contributed by atoms with E-state index in [1.807, 2.05) is 26.0 Å². The average molecular weight is 298 g/mol. The van der Waals surface area contributed by atoms with E-state index in [1.165, 1.54) is 0 Å². The average Bonchev–Trinajstić information content (AvgIpc) is 2.49. The molecule has 1 amide bonds. The van der Waals surface area contributed by atoms with Crippen LogP contribution >= 0.6 is 0 Å². The molecule has 4 nitrogen and oxygen atoms in total. The van der Waals surface area contributed by atoms with Crippen molar-refractivity contribution >= 4 is 5.91 Å². The predicted octanol–water partition coefficient (Wildman–Crippen LogP) is 3.59. The first kappa shape index (κ1) is 16.0. The third-order valence-corrected chi connectivity index (χ3v) is 3.76. The van der Waals surface area contributed by atoms with E-state index in [1.54, 1.807) is 32.2 Å². The smallest absolute Gasteiger partial charge is 0.251 e. The third-order valence-electron chi connectivity index (χ3n) is 3.76. The third kappa shape index (κ3) is 3.45. The molecule has 1 aromatic heterocycles. The molecule has 0 aliphatic heterocycles. The Morgan fingerprint density at radius 1 is 1.23 bits per heavy atom. The number of amides is 1. The van der Waals surface area contributed by atoms with Crippen LogP contribution in [0.15, 0.2) is 30.5 Å². The number of phenols is 1. The number of aryl methyl sites for hydroxylation is 3. The molecule has 0 saturated carbocycles. The lowest BCUT2D eigenvalue weighted by Crippen LogP contribution is -2.29. The van der Waals surface area contributed by atoms with Crippen molar-refractivity contribution in [1.82, 2.24) is 10.3 Å². The summed E-state index contributed by atoms with van der Waals surface area (Å²) in [7, 11) is 0. The van der Waals surface area contributed by atoms with Gasteiger partial charge in [0, 0.05) is 11.8 Å². The first-order valence-electron chi connectivity index (χ1n) is 7.46. The van der Waals surface area contributed by atoms with Gasteiger partial charge in [-0.25, -0.2) is 0 Å². The standard InChI is InChI=1S/C18H22N2O2/c1-5-15(16-8-11(2)6-7-19-16)20-18(22)14-9-12(3)17(21)13(4)10-14/h6-10,15,21H,5H2,1-4H3,(H,20,22)/t15-/m1/s1. The fourth-order valence-corrected chi connectivity index (χ4v) is 2.46. The van der Waals surface area contributed by atoms with Crippen LogP contribution in [0, 0.1) is 20.8 Å².